The number of anilines is 1. The molecule has 3 heteroatoms. The highest BCUT2D eigenvalue weighted by atomic mass is 16.6. The fraction of sp³-hybridized carbons (Fsp3) is 0.462. The predicted octanol–water partition coefficient (Wildman–Crippen LogP) is 3.49. The molecule has 2 rings (SSSR count). The average Bonchev–Trinajstić information content (AvgIpc) is 2.74. The van der Waals surface area contributed by atoms with Gasteiger partial charge in [-0.05, 0) is 44.7 Å². The summed E-state index contributed by atoms with van der Waals surface area (Å²) in [4.78, 5) is 11.5. The van der Waals surface area contributed by atoms with Crippen LogP contribution in [-0.2, 0) is 4.74 Å². The van der Waals surface area contributed by atoms with Gasteiger partial charge in [0.05, 0.1) is 0 Å². The van der Waals surface area contributed by atoms with Crippen molar-refractivity contribution in [2.75, 3.05) is 5.32 Å². The minimum Gasteiger partial charge on any atom is -0.446 e. The fourth-order valence-electron chi connectivity index (χ4n) is 1.94. The molecule has 1 aromatic carbocycles. The van der Waals surface area contributed by atoms with E-state index in [-0.39, 0.29) is 12.2 Å². The van der Waals surface area contributed by atoms with Crippen LogP contribution in [0.2, 0.25) is 0 Å². The highest BCUT2D eigenvalue weighted by Gasteiger charge is 2.18. The first-order chi connectivity index (χ1) is 7.74. The van der Waals surface area contributed by atoms with Crippen molar-refractivity contribution in [1.82, 2.24) is 0 Å². The monoisotopic (exact) mass is 219 g/mol. The van der Waals surface area contributed by atoms with E-state index in [4.69, 9.17) is 4.74 Å². The number of hydrogen-bond donors (Lipinski definition) is 1. The van der Waals surface area contributed by atoms with E-state index in [0.717, 1.165) is 18.5 Å². The standard InChI is InChI=1S/C13H17NO2/c1-10-6-8-11(9-7-10)14-13(15)16-12-4-2-3-5-12/h6-9,12H,2-5H2,1H3,(H,14,15). The molecule has 1 amide bonds. The Bertz CT molecular complexity index is 353. The number of carbonyl (C=O) groups is 1. The molecule has 86 valence electrons. The topological polar surface area (TPSA) is 38.3 Å². The number of nitrogens with one attached hydrogen (secondary N) is 1. The molecular formula is C13H17NO2. The van der Waals surface area contributed by atoms with Crippen LogP contribution in [0, 0.1) is 6.92 Å². The first-order valence-electron chi connectivity index (χ1n) is 5.78. The van der Waals surface area contributed by atoms with Gasteiger partial charge in [0.1, 0.15) is 6.10 Å². The molecule has 1 aliphatic carbocycles. The Labute approximate surface area is 95.8 Å². The molecular weight excluding hydrogens is 202 g/mol. The molecule has 3 nitrogen and oxygen atoms in total. The van der Waals surface area contributed by atoms with Crippen molar-refractivity contribution in [3.63, 3.8) is 0 Å². The lowest BCUT2D eigenvalue weighted by Gasteiger charge is -2.12. The summed E-state index contributed by atoms with van der Waals surface area (Å²) in [5, 5.41) is 2.73. The van der Waals surface area contributed by atoms with E-state index in [1.165, 1.54) is 18.4 Å². The number of rotatable bonds is 2. The van der Waals surface area contributed by atoms with Gasteiger partial charge >= 0.3 is 6.09 Å². The van der Waals surface area contributed by atoms with Crippen LogP contribution in [0.3, 0.4) is 0 Å². The second kappa shape index (κ2) is 5.01. The van der Waals surface area contributed by atoms with Crippen LogP contribution < -0.4 is 5.32 Å². The Morgan fingerprint density at radius 2 is 1.88 bits per heavy atom. The van der Waals surface area contributed by atoms with E-state index < -0.39 is 0 Å². The highest BCUT2D eigenvalue weighted by molar-refractivity contribution is 5.84. The van der Waals surface area contributed by atoms with Gasteiger partial charge in [-0.1, -0.05) is 17.7 Å². The summed E-state index contributed by atoms with van der Waals surface area (Å²) in [6.07, 6.45) is 4.12. The summed E-state index contributed by atoms with van der Waals surface area (Å²) in [5.74, 6) is 0. The van der Waals surface area contributed by atoms with Crippen molar-refractivity contribution in [2.45, 2.75) is 38.7 Å². The van der Waals surface area contributed by atoms with Crippen LogP contribution >= 0.6 is 0 Å². The summed E-state index contributed by atoms with van der Waals surface area (Å²) in [7, 11) is 0. The molecule has 16 heavy (non-hydrogen) atoms. The summed E-state index contributed by atoms with van der Waals surface area (Å²) in [6, 6.07) is 7.69. The molecule has 1 saturated carbocycles. The Morgan fingerprint density at radius 3 is 2.50 bits per heavy atom. The second-order valence-corrected chi connectivity index (χ2v) is 4.30. The van der Waals surface area contributed by atoms with Crippen LogP contribution in [0.1, 0.15) is 31.2 Å². The molecule has 1 N–H and O–H groups in total. The Morgan fingerprint density at radius 1 is 1.25 bits per heavy atom. The zero-order chi connectivity index (χ0) is 11.4. The van der Waals surface area contributed by atoms with Crippen LogP contribution in [0.4, 0.5) is 10.5 Å². The van der Waals surface area contributed by atoms with E-state index in [2.05, 4.69) is 5.32 Å². The van der Waals surface area contributed by atoms with Gasteiger partial charge in [-0.3, -0.25) is 5.32 Å². The number of hydrogen-bond acceptors (Lipinski definition) is 2. The maximum atomic E-state index is 11.5. The predicted molar refractivity (Wildman–Crippen MR) is 63.5 cm³/mol. The van der Waals surface area contributed by atoms with Crippen molar-refractivity contribution < 1.29 is 9.53 Å². The highest BCUT2D eigenvalue weighted by Crippen LogP contribution is 2.21. The Kier molecular flexibility index (Phi) is 3.44. The van der Waals surface area contributed by atoms with Crippen LogP contribution in [0.5, 0.6) is 0 Å². The SMILES string of the molecule is Cc1ccc(NC(=O)OC2CCCC2)cc1. The normalized spacial score (nSPS) is 16.1. The largest absolute Gasteiger partial charge is 0.446 e. The van der Waals surface area contributed by atoms with E-state index >= 15 is 0 Å². The molecule has 0 unspecified atom stereocenters. The smallest absolute Gasteiger partial charge is 0.411 e. The Balaban J connectivity index is 1.84. The first-order valence-corrected chi connectivity index (χ1v) is 5.78. The lowest BCUT2D eigenvalue weighted by Crippen LogP contribution is -2.20. The van der Waals surface area contributed by atoms with E-state index in [9.17, 15) is 4.79 Å². The maximum absolute atomic E-state index is 11.5. The lowest BCUT2D eigenvalue weighted by atomic mass is 10.2. The van der Waals surface area contributed by atoms with Crippen LogP contribution in [0.15, 0.2) is 24.3 Å². The minimum absolute atomic E-state index is 0.116. The van der Waals surface area contributed by atoms with Crippen molar-refractivity contribution in [3.8, 4) is 0 Å². The molecule has 0 aromatic heterocycles. The molecule has 1 aliphatic rings. The van der Waals surface area contributed by atoms with Gasteiger partial charge < -0.3 is 4.74 Å². The number of benzene rings is 1. The van der Waals surface area contributed by atoms with Crippen molar-refractivity contribution in [2.24, 2.45) is 0 Å². The molecule has 0 spiro atoms. The number of carbonyl (C=O) groups excluding carboxylic acids is 1. The van der Waals surface area contributed by atoms with Gasteiger partial charge in [-0.2, -0.15) is 0 Å². The van der Waals surface area contributed by atoms with Crippen molar-refractivity contribution in [1.29, 1.82) is 0 Å². The summed E-state index contributed by atoms with van der Waals surface area (Å²) >= 11 is 0. The van der Waals surface area contributed by atoms with Gasteiger partial charge in [0.25, 0.3) is 0 Å². The van der Waals surface area contributed by atoms with E-state index in [0.29, 0.717) is 0 Å². The average molecular weight is 219 g/mol. The molecule has 0 heterocycles. The van der Waals surface area contributed by atoms with Gasteiger partial charge in [0.15, 0.2) is 0 Å². The van der Waals surface area contributed by atoms with Gasteiger partial charge in [-0.15, -0.1) is 0 Å². The molecule has 0 radical (unpaired) electrons. The molecule has 1 aromatic rings. The zero-order valence-electron chi connectivity index (χ0n) is 9.53. The van der Waals surface area contributed by atoms with Crippen molar-refractivity contribution in [3.05, 3.63) is 29.8 Å². The number of ether oxygens (including phenoxy) is 1. The molecule has 1 fully saturated rings. The van der Waals surface area contributed by atoms with Crippen LogP contribution in [-0.4, -0.2) is 12.2 Å². The Hall–Kier alpha value is -1.51. The number of amides is 1. The molecule has 0 saturated heterocycles. The minimum atomic E-state index is -0.337. The van der Waals surface area contributed by atoms with Gasteiger partial charge in [0, 0.05) is 5.69 Å². The second-order valence-electron chi connectivity index (χ2n) is 4.30. The number of aryl methyl sites for hydroxylation is 1. The third kappa shape index (κ3) is 2.99. The first kappa shape index (κ1) is 11.0. The summed E-state index contributed by atoms with van der Waals surface area (Å²) < 4.78 is 5.30. The molecule has 0 bridgehead atoms. The lowest BCUT2D eigenvalue weighted by molar-refractivity contribution is 0.114. The zero-order valence-corrected chi connectivity index (χ0v) is 9.53. The maximum Gasteiger partial charge on any atom is 0.411 e. The van der Waals surface area contributed by atoms with E-state index in [1.807, 2.05) is 31.2 Å². The van der Waals surface area contributed by atoms with Gasteiger partial charge in [-0.25, -0.2) is 4.79 Å². The van der Waals surface area contributed by atoms with Crippen molar-refractivity contribution >= 4 is 11.8 Å². The fourth-order valence-corrected chi connectivity index (χ4v) is 1.94. The van der Waals surface area contributed by atoms with Crippen LogP contribution in [0.25, 0.3) is 0 Å². The molecule has 0 atom stereocenters. The molecule has 0 aliphatic heterocycles. The summed E-state index contributed by atoms with van der Waals surface area (Å²) in [6.45, 7) is 2.01. The van der Waals surface area contributed by atoms with Gasteiger partial charge in [0.2, 0.25) is 0 Å². The van der Waals surface area contributed by atoms with E-state index in [1.54, 1.807) is 0 Å². The third-order valence-electron chi connectivity index (χ3n) is 2.87. The quantitative estimate of drug-likeness (QED) is 0.826. The third-order valence-corrected chi connectivity index (χ3v) is 2.87. The summed E-state index contributed by atoms with van der Waals surface area (Å²) in [5.41, 5.74) is 1.96.